The molecule has 0 saturated carbocycles. The second kappa shape index (κ2) is 8.71. The number of carbonyl (C=O) groups is 2. The molecule has 1 heterocycles. The summed E-state index contributed by atoms with van der Waals surface area (Å²) in [5, 5.41) is 2.94. The standard InChI is InChI=1S/C22H26N2O3/c1-16-8-6-9-17(2)21(16)27-15-20(25)24-13-7-10-18(14-24)22(26)23-19-11-4-3-5-12-19/h3-6,8-9,11-12,18H,7,10,13-15H2,1-2H3,(H,23,26)/t18-/m1/s1. The molecule has 1 aliphatic heterocycles. The third-order valence-corrected chi connectivity index (χ3v) is 4.93. The van der Waals surface area contributed by atoms with E-state index in [1.54, 1.807) is 4.90 Å². The summed E-state index contributed by atoms with van der Waals surface area (Å²) in [7, 11) is 0. The molecule has 3 rings (SSSR count). The Kier molecular flexibility index (Phi) is 6.12. The molecule has 2 aromatic rings. The number of nitrogens with one attached hydrogen (secondary N) is 1. The van der Waals surface area contributed by atoms with Gasteiger partial charge in [-0.1, -0.05) is 36.4 Å². The second-order valence-corrected chi connectivity index (χ2v) is 7.04. The third-order valence-electron chi connectivity index (χ3n) is 4.93. The minimum absolute atomic E-state index is 0.00127. The van der Waals surface area contributed by atoms with Crippen LogP contribution in [0, 0.1) is 19.8 Å². The molecule has 5 nitrogen and oxygen atoms in total. The first kappa shape index (κ1) is 19.0. The summed E-state index contributed by atoms with van der Waals surface area (Å²) in [5.74, 6) is 0.466. The summed E-state index contributed by atoms with van der Waals surface area (Å²) in [6.45, 7) is 5.05. The minimum Gasteiger partial charge on any atom is -0.483 e. The molecule has 5 heteroatoms. The van der Waals surface area contributed by atoms with Crippen molar-refractivity contribution in [1.29, 1.82) is 0 Å². The first-order chi connectivity index (χ1) is 13.0. The number of piperidine rings is 1. The number of hydrogen-bond acceptors (Lipinski definition) is 3. The van der Waals surface area contributed by atoms with E-state index < -0.39 is 0 Å². The van der Waals surface area contributed by atoms with Crippen molar-refractivity contribution in [2.45, 2.75) is 26.7 Å². The van der Waals surface area contributed by atoms with E-state index in [9.17, 15) is 9.59 Å². The number of ether oxygens (including phenoxy) is 1. The van der Waals surface area contributed by atoms with E-state index in [-0.39, 0.29) is 24.3 Å². The Labute approximate surface area is 160 Å². The van der Waals surface area contributed by atoms with Gasteiger partial charge >= 0.3 is 0 Å². The van der Waals surface area contributed by atoms with Gasteiger partial charge in [-0.05, 0) is 49.9 Å². The lowest BCUT2D eigenvalue weighted by molar-refractivity contribution is -0.136. The number of nitrogens with zero attached hydrogens (tertiary/aromatic N) is 1. The SMILES string of the molecule is Cc1cccc(C)c1OCC(=O)N1CCC[C@@H](C(=O)Nc2ccccc2)C1. The number of anilines is 1. The fourth-order valence-corrected chi connectivity index (χ4v) is 3.44. The van der Waals surface area contributed by atoms with Gasteiger partial charge < -0.3 is 15.0 Å². The predicted octanol–water partition coefficient (Wildman–Crippen LogP) is 3.56. The molecule has 0 bridgehead atoms. The topological polar surface area (TPSA) is 58.6 Å². The average Bonchev–Trinajstić information content (AvgIpc) is 2.68. The summed E-state index contributed by atoms with van der Waals surface area (Å²) in [6.07, 6.45) is 1.61. The Hall–Kier alpha value is -2.82. The molecule has 0 spiro atoms. The van der Waals surface area contributed by atoms with E-state index in [1.807, 2.05) is 62.4 Å². The van der Waals surface area contributed by atoms with Crippen molar-refractivity contribution in [3.8, 4) is 5.75 Å². The van der Waals surface area contributed by atoms with Crippen LogP contribution in [-0.4, -0.2) is 36.4 Å². The number of carbonyl (C=O) groups excluding carboxylic acids is 2. The van der Waals surface area contributed by atoms with Crippen LogP contribution in [0.3, 0.4) is 0 Å². The molecule has 2 aromatic carbocycles. The highest BCUT2D eigenvalue weighted by Gasteiger charge is 2.28. The third kappa shape index (κ3) is 4.88. The number of likely N-dealkylation sites (tertiary alicyclic amines) is 1. The van der Waals surface area contributed by atoms with Gasteiger partial charge in [0.1, 0.15) is 5.75 Å². The van der Waals surface area contributed by atoms with Crippen LogP contribution in [0.25, 0.3) is 0 Å². The first-order valence-electron chi connectivity index (χ1n) is 9.37. The summed E-state index contributed by atoms with van der Waals surface area (Å²) >= 11 is 0. The van der Waals surface area contributed by atoms with E-state index in [0.717, 1.165) is 35.4 Å². The Morgan fingerprint density at radius 2 is 1.78 bits per heavy atom. The molecule has 1 aliphatic rings. The molecule has 0 radical (unpaired) electrons. The van der Waals surface area contributed by atoms with Crippen molar-refractivity contribution in [3.63, 3.8) is 0 Å². The average molecular weight is 366 g/mol. The lowest BCUT2D eigenvalue weighted by atomic mass is 9.97. The van der Waals surface area contributed by atoms with Crippen LogP contribution in [-0.2, 0) is 9.59 Å². The van der Waals surface area contributed by atoms with Crippen LogP contribution in [0.4, 0.5) is 5.69 Å². The number of para-hydroxylation sites is 2. The summed E-state index contributed by atoms with van der Waals surface area (Å²) in [5.41, 5.74) is 2.81. The lowest BCUT2D eigenvalue weighted by Crippen LogP contribution is -2.45. The van der Waals surface area contributed by atoms with Crippen molar-refractivity contribution in [2.24, 2.45) is 5.92 Å². The molecule has 2 amide bonds. The smallest absolute Gasteiger partial charge is 0.260 e. The van der Waals surface area contributed by atoms with Crippen molar-refractivity contribution in [1.82, 2.24) is 4.90 Å². The van der Waals surface area contributed by atoms with E-state index in [1.165, 1.54) is 0 Å². The lowest BCUT2D eigenvalue weighted by Gasteiger charge is -2.32. The number of amides is 2. The first-order valence-corrected chi connectivity index (χ1v) is 9.37. The van der Waals surface area contributed by atoms with E-state index in [0.29, 0.717) is 13.1 Å². The van der Waals surface area contributed by atoms with Crippen LogP contribution in [0.2, 0.25) is 0 Å². The molecular formula is C22H26N2O3. The fraction of sp³-hybridized carbons (Fsp3) is 0.364. The van der Waals surface area contributed by atoms with E-state index in [2.05, 4.69) is 5.32 Å². The van der Waals surface area contributed by atoms with Gasteiger partial charge in [0.25, 0.3) is 5.91 Å². The van der Waals surface area contributed by atoms with Crippen LogP contribution < -0.4 is 10.1 Å². The molecule has 0 unspecified atom stereocenters. The molecule has 0 aliphatic carbocycles. The molecular weight excluding hydrogens is 340 g/mol. The molecule has 27 heavy (non-hydrogen) atoms. The van der Waals surface area contributed by atoms with Gasteiger partial charge in [-0.25, -0.2) is 0 Å². The minimum atomic E-state index is -0.192. The Bertz CT molecular complexity index is 784. The Balaban J connectivity index is 1.55. The largest absolute Gasteiger partial charge is 0.483 e. The van der Waals surface area contributed by atoms with E-state index in [4.69, 9.17) is 4.74 Å². The highest BCUT2D eigenvalue weighted by Crippen LogP contribution is 2.23. The van der Waals surface area contributed by atoms with Crippen LogP contribution in [0.15, 0.2) is 48.5 Å². The highest BCUT2D eigenvalue weighted by molar-refractivity contribution is 5.93. The molecule has 142 valence electrons. The zero-order valence-electron chi connectivity index (χ0n) is 15.9. The fourth-order valence-electron chi connectivity index (χ4n) is 3.44. The number of rotatable bonds is 5. The van der Waals surface area contributed by atoms with Crippen molar-refractivity contribution in [2.75, 3.05) is 25.0 Å². The van der Waals surface area contributed by atoms with Gasteiger partial charge in [0.05, 0.1) is 5.92 Å². The summed E-state index contributed by atoms with van der Waals surface area (Å²) in [6, 6.07) is 15.3. The maximum Gasteiger partial charge on any atom is 0.260 e. The van der Waals surface area contributed by atoms with Crippen molar-refractivity contribution in [3.05, 3.63) is 59.7 Å². The molecule has 0 aromatic heterocycles. The van der Waals surface area contributed by atoms with Gasteiger partial charge in [0.2, 0.25) is 5.91 Å². The quantitative estimate of drug-likeness (QED) is 0.880. The van der Waals surface area contributed by atoms with Crippen molar-refractivity contribution >= 4 is 17.5 Å². The monoisotopic (exact) mass is 366 g/mol. The van der Waals surface area contributed by atoms with Gasteiger partial charge in [0, 0.05) is 18.8 Å². The van der Waals surface area contributed by atoms with Crippen molar-refractivity contribution < 1.29 is 14.3 Å². The molecule has 1 N–H and O–H groups in total. The van der Waals surface area contributed by atoms with Gasteiger partial charge in [0.15, 0.2) is 6.61 Å². The van der Waals surface area contributed by atoms with Gasteiger partial charge in [-0.2, -0.15) is 0 Å². The second-order valence-electron chi connectivity index (χ2n) is 7.04. The van der Waals surface area contributed by atoms with Crippen LogP contribution >= 0.6 is 0 Å². The Morgan fingerprint density at radius 3 is 2.48 bits per heavy atom. The van der Waals surface area contributed by atoms with Gasteiger partial charge in [-0.15, -0.1) is 0 Å². The number of benzene rings is 2. The van der Waals surface area contributed by atoms with Gasteiger partial charge in [-0.3, -0.25) is 9.59 Å². The summed E-state index contributed by atoms with van der Waals surface area (Å²) < 4.78 is 5.78. The molecule has 1 atom stereocenters. The molecule has 1 saturated heterocycles. The number of aryl methyl sites for hydroxylation is 2. The van der Waals surface area contributed by atoms with E-state index >= 15 is 0 Å². The normalized spacial score (nSPS) is 16.7. The van der Waals surface area contributed by atoms with Crippen LogP contribution in [0.1, 0.15) is 24.0 Å². The maximum atomic E-state index is 12.6. The predicted molar refractivity (Wildman–Crippen MR) is 106 cm³/mol. The zero-order valence-corrected chi connectivity index (χ0v) is 15.9. The van der Waals surface area contributed by atoms with Crippen LogP contribution in [0.5, 0.6) is 5.75 Å². The summed E-state index contributed by atoms with van der Waals surface area (Å²) in [4.78, 5) is 26.9. The maximum absolute atomic E-state index is 12.6. The zero-order chi connectivity index (χ0) is 19.2. The highest BCUT2D eigenvalue weighted by atomic mass is 16.5. The Morgan fingerprint density at radius 1 is 1.07 bits per heavy atom. The molecule has 1 fully saturated rings. The number of hydrogen-bond donors (Lipinski definition) is 1.